The highest BCUT2D eigenvalue weighted by Crippen LogP contribution is 2.31. The summed E-state index contributed by atoms with van der Waals surface area (Å²) in [6.07, 6.45) is -0.837. The third-order valence-electron chi connectivity index (χ3n) is 4.89. The van der Waals surface area contributed by atoms with Gasteiger partial charge in [-0.1, -0.05) is 60.7 Å². The van der Waals surface area contributed by atoms with Crippen LogP contribution in [0.15, 0.2) is 88.1 Å². The molecule has 162 valence electrons. The first kappa shape index (κ1) is 21.1. The molecule has 0 aliphatic rings. The predicted octanol–water partition coefficient (Wildman–Crippen LogP) is 3.39. The summed E-state index contributed by atoms with van der Waals surface area (Å²) in [6.45, 7) is -0.306. The minimum atomic E-state index is -0.837. The summed E-state index contributed by atoms with van der Waals surface area (Å²) in [5.41, 5.74) is 1.17. The molecule has 1 unspecified atom stereocenters. The summed E-state index contributed by atoms with van der Waals surface area (Å²) in [5.74, 6) is -0.223. The second-order valence-corrected chi connectivity index (χ2v) is 7.18. The number of hydrogen-bond donors (Lipinski definition) is 3. The smallest absolute Gasteiger partial charge is 0.258 e. The molecule has 0 aliphatic heterocycles. The van der Waals surface area contributed by atoms with Crippen LogP contribution in [0.3, 0.4) is 0 Å². The van der Waals surface area contributed by atoms with Crippen LogP contribution in [-0.4, -0.2) is 29.3 Å². The first-order chi connectivity index (χ1) is 15.5. The zero-order valence-electron chi connectivity index (χ0n) is 17.0. The summed E-state index contributed by atoms with van der Waals surface area (Å²) in [4.78, 5) is 24.6. The molecule has 1 amide bonds. The second kappa shape index (κ2) is 9.36. The number of aliphatic hydroxyl groups excluding tert-OH is 1. The normalized spacial score (nSPS) is 11.8. The number of aliphatic hydroxyl groups is 1. The quantitative estimate of drug-likeness (QED) is 0.414. The summed E-state index contributed by atoms with van der Waals surface area (Å²) in [6, 6.07) is 22.1. The van der Waals surface area contributed by atoms with E-state index in [0.29, 0.717) is 16.9 Å². The van der Waals surface area contributed by atoms with Crippen molar-refractivity contribution in [1.29, 1.82) is 0 Å². The maximum atomic E-state index is 12.5. The van der Waals surface area contributed by atoms with Gasteiger partial charge in [-0.15, -0.1) is 0 Å². The molecule has 0 fully saturated rings. The summed E-state index contributed by atoms with van der Waals surface area (Å²) < 4.78 is 11.3. The molecular formula is C25H21NO6. The van der Waals surface area contributed by atoms with E-state index in [0.717, 1.165) is 0 Å². The Morgan fingerprint density at radius 2 is 1.69 bits per heavy atom. The molecule has 1 heterocycles. The maximum Gasteiger partial charge on any atom is 0.258 e. The van der Waals surface area contributed by atoms with E-state index in [9.17, 15) is 19.8 Å². The second-order valence-electron chi connectivity index (χ2n) is 7.18. The van der Waals surface area contributed by atoms with Gasteiger partial charge in [0, 0.05) is 30.3 Å². The molecule has 7 heteroatoms. The number of carbonyl (C=O) groups excluding carboxylic acids is 1. The first-order valence-electron chi connectivity index (χ1n) is 10.00. The van der Waals surface area contributed by atoms with Crippen molar-refractivity contribution < 1.29 is 24.2 Å². The Hall–Kier alpha value is -4.10. The van der Waals surface area contributed by atoms with Crippen molar-refractivity contribution in [2.75, 3.05) is 13.2 Å². The van der Waals surface area contributed by atoms with E-state index >= 15 is 0 Å². The number of rotatable bonds is 7. The lowest BCUT2D eigenvalue weighted by Gasteiger charge is -2.13. The highest BCUT2D eigenvalue weighted by molar-refractivity contribution is 5.86. The standard InChI is InChI=1S/C25H21NO6/c27-19-11-18(31-15-24(30)26-14-21(29)16-7-3-1-4-8-16)12-23-25(19)20(28)13-22(32-23)17-9-5-2-6-10-17/h1-13,21,27,29H,14-15H2,(H,26,30). The van der Waals surface area contributed by atoms with Crippen LogP contribution in [0, 0.1) is 0 Å². The summed E-state index contributed by atoms with van der Waals surface area (Å²) >= 11 is 0. The Bertz CT molecular complexity index is 1280. The third-order valence-corrected chi connectivity index (χ3v) is 4.89. The number of benzene rings is 3. The zero-order valence-corrected chi connectivity index (χ0v) is 17.0. The summed E-state index contributed by atoms with van der Waals surface area (Å²) in [7, 11) is 0. The van der Waals surface area contributed by atoms with Crippen molar-refractivity contribution in [2.45, 2.75) is 6.10 Å². The predicted molar refractivity (Wildman–Crippen MR) is 119 cm³/mol. The van der Waals surface area contributed by atoms with E-state index in [1.807, 2.05) is 24.3 Å². The topological polar surface area (TPSA) is 109 Å². The molecule has 4 rings (SSSR count). The number of ether oxygens (including phenoxy) is 1. The first-order valence-corrected chi connectivity index (χ1v) is 10.00. The Kier molecular flexibility index (Phi) is 6.19. The van der Waals surface area contributed by atoms with Crippen LogP contribution in [0.5, 0.6) is 11.5 Å². The van der Waals surface area contributed by atoms with Gasteiger partial charge in [0.2, 0.25) is 0 Å². The van der Waals surface area contributed by atoms with Gasteiger partial charge in [-0.25, -0.2) is 0 Å². The molecule has 3 N–H and O–H groups in total. The molecule has 1 atom stereocenters. The summed E-state index contributed by atoms with van der Waals surface area (Å²) in [5, 5.41) is 23.0. The fourth-order valence-corrected chi connectivity index (χ4v) is 3.27. The van der Waals surface area contributed by atoms with Gasteiger partial charge in [0.25, 0.3) is 5.91 Å². The Morgan fingerprint density at radius 1 is 1.00 bits per heavy atom. The van der Waals surface area contributed by atoms with E-state index in [1.54, 1.807) is 36.4 Å². The Labute approximate surface area is 183 Å². The molecular weight excluding hydrogens is 410 g/mol. The van der Waals surface area contributed by atoms with Crippen molar-refractivity contribution in [3.8, 4) is 22.8 Å². The third kappa shape index (κ3) is 4.79. The number of fused-ring (bicyclic) bond motifs is 1. The van der Waals surface area contributed by atoms with Gasteiger partial charge < -0.3 is 24.7 Å². The van der Waals surface area contributed by atoms with Gasteiger partial charge in [0.05, 0.1) is 6.10 Å². The fourth-order valence-electron chi connectivity index (χ4n) is 3.27. The van der Waals surface area contributed by atoms with Crippen LogP contribution in [-0.2, 0) is 4.79 Å². The SMILES string of the molecule is O=C(COc1cc(O)c2c(=O)cc(-c3ccccc3)oc2c1)NCC(O)c1ccccc1. The van der Waals surface area contributed by atoms with Crippen LogP contribution in [0.2, 0.25) is 0 Å². The largest absolute Gasteiger partial charge is 0.507 e. The zero-order chi connectivity index (χ0) is 22.5. The van der Waals surface area contributed by atoms with E-state index < -0.39 is 12.0 Å². The Balaban J connectivity index is 1.46. The van der Waals surface area contributed by atoms with E-state index in [1.165, 1.54) is 18.2 Å². The van der Waals surface area contributed by atoms with E-state index in [2.05, 4.69) is 5.32 Å². The number of hydrogen-bond acceptors (Lipinski definition) is 6. The van der Waals surface area contributed by atoms with Crippen LogP contribution in [0.25, 0.3) is 22.3 Å². The lowest BCUT2D eigenvalue weighted by Crippen LogP contribution is -2.32. The van der Waals surface area contributed by atoms with Crippen LogP contribution in [0.1, 0.15) is 11.7 Å². The van der Waals surface area contributed by atoms with Crippen molar-refractivity contribution in [3.05, 3.63) is 94.6 Å². The minimum absolute atomic E-state index is 0.0322. The highest BCUT2D eigenvalue weighted by atomic mass is 16.5. The van der Waals surface area contributed by atoms with Crippen molar-refractivity contribution >= 4 is 16.9 Å². The van der Waals surface area contributed by atoms with Crippen LogP contribution >= 0.6 is 0 Å². The molecule has 1 aromatic heterocycles. The molecule has 3 aromatic carbocycles. The van der Waals surface area contributed by atoms with Crippen LogP contribution in [0.4, 0.5) is 0 Å². The molecule has 0 radical (unpaired) electrons. The number of carbonyl (C=O) groups is 1. The van der Waals surface area contributed by atoms with Crippen molar-refractivity contribution in [1.82, 2.24) is 5.32 Å². The lowest BCUT2D eigenvalue weighted by atomic mass is 10.1. The van der Waals surface area contributed by atoms with Crippen molar-refractivity contribution in [2.24, 2.45) is 0 Å². The average molecular weight is 431 g/mol. The van der Waals surface area contributed by atoms with Crippen molar-refractivity contribution in [3.63, 3.8) is 0 Å². The molecule has 7 nitrogen and oxygen atoms in total. The number of phenols is 1. The number of phenolic OH excluding ortho intramolecular Hbond substituents is 1. The van der Waals surface area contributed by atoms with Gasteiger partial charge in [-0.05, 0) is 5.56 Å². The van der Waals surface area contributed by atoms with Gasteiger partial charge >= 0.3 is 0 Å². The highest BCUT2D eigenvalue weighted by Gasteiger charge is 2.14. The van der Waals surface area contributed by atoms with Gasteiger partial charge in [0.15, 0.2) is 12.0 Å². The van der Waals surface area contributed by atoms with Gasteiger partial charge in [0.1, 0.15) is 28.2 Å². The molecule has 0 spiro atoms. The number of aromatic hydroxyl groups is 1. The van der Waals surface area contributed by atoms with Gasteiger partial charge in [-0.3, -0.25) is 9.59 Å². The monoisotopic (exact) mass is 431 g/mol. The van der Waals surface area contributed by atoms with Gasteiger partial charge in [-0.2, -0.15) is 0 Å². The molecule has 0 saturated heterocycles. The number of amides is 1. The molecule has 0 aliphatic carbocycles. The molecule has 0 bridgehead atoms. The fraction of sp³-hybridized carbons (Fsp3) is 0.120. The number of nitrogens with one attached hydrogen (secondary N) is 1. The van der Waals surface area contributed by atoms with Crippen LogP contribution < -0.4 is 15.5 Å². The molecule has 32 heavy (non-hydrogen) atoms. The Morgan fingerprint density at radius 3 is 2.41 bits per heavy atom. The molecule has 4 aromatic rings. The van der Waals surface area contributed by atoms with E-state index in [-0.39, 0.29) is 41.0 Å². The lowest BCUT2D eigenvalue weighted by molar-refractivity contribution is -0.123. The molecule has 0 saturated carbocycles. The average Bonchev–Trinajstić information content (AvgIpc) is 2.81. The minimum Gasteiger partial charge on any atom is -0.507 e. The maximum absolute atomic E-state index is 12.5. The van der Waals surface area contributed by atoms with E-state index in [4.69, 9.17) is 9.15 Å².